The van der Waals surface area contributed by atoms with Crippen LogP contribution in [0.4, 0.5) is 0 Å². The number of thiazole rings is 1. The minimum Gasteiger partial charge on any atom is -0.311 e. The van der Waals surface area contributed by atoms with Crippen molar-refractivity contribution in [2.75, 3.05) is 6.54 Å². The largest absolute Gasteiger partial charge is 0.311 e. The molecule has 1 aliphatic rings. The van der Waals surface area contributed by atoms with Crippen molar-refractivity contribution in [1.82, 2.24) is 14.7 Å². The lowest BCUT2D eigenvalue weighted by Gasteiger charge is -2.17. The van der Waals surface area contributed by atoms with Crippen LogP contribution in [0.1, 0.15) is 25.0 Å². The predicted octanol–water partition coefficient (Wildman–Crippen LogP) is 2.84. The summed E-state index contributed by atoms with van der Waals surface area (Å²) in [6.07, 6.45) is 12.6. The Labute approximate surface area is 105 Å². The predicted molar refractivity (Wildman–Crippen MR) is 71.3 cm³/mol. The van der Waals surface area contributed by atoms with E-state index in [2.05, 4.69) is 44.6 Å². The van der Waals surface area contributed by atoms with Crippen molar-refractivity contribution in [3.05, 3.63) is 35.6 Å². The molecular weight excluding hydrogens is 230 g/mol. The van der Waals surface area contributed by atoms with E-state index in [-0.39, 0.29) is 0 Å². The Kier molecular flexibility index (Phi) is 3.25. The number of nitrogens with zero attached hydrogens (tertiary/aromatic N) is 2. The van der Waals surface area contributed by atoms with Crippen LogP contribution in [-0.4, -0.2) is 15.9 Å². The fraction of sp³-hybridized carbons (Fsp3) is 0.462. The quantitative estimate of drug-likeness (QED) is 0.842. The SMILES string of the molecule is C1=CCC(CNCc2cn3ccsc3n2)CC1. The molecular formula is C13H17N3S. The molecule has 0 bridgehead atoms. The lowest BCUT2D eigenvalue weighted by Crippen LogP contribution is -2.23. The van der Waals surface area contributed by atoms with Gasteiger partial charge in [0.25, 0.3) is 0 Å². The first-order valence-electron chi connectivity index (χ1n) is 6.18. The van der Waals surface area contributed by atoms with Crippen LogP contribution in [-0.2, 0) is 6.54 Å². The fourth-order valence-corrected chi connectivity index (χ4v) is 3.03. The maximum absolute atomic E-state index is 4.56. The van der Waals surface area contributed by atoms with Crippen molar-refractivity contribution >= 4 is 16.3 Å². The first kappa shape index (κ1) is 11.0. The molecule has 0 saturated heterocycles. The highest BCUT2D eigenvalue weighted by molar-refractivity contribution is 7.15. The van der Waals surface area contributed by atoms with Gasteiger partial charge in [-0.25, -0.2) is 4.98 Å². The molecule has 3 nitrogen and oxygen atoms in total. The van der Waals surface area contributed by atoms with Crippen LogP contribution >= 0.6 is 11.3 Å². The fourth-order valence-electron chi connectivity index (χ4n) is 2.31. The van der Waals surface area contributed by atoms with E-state index in [1.165, 1.54) is 19.3 Å². The molecule has 0 saturated carbocycles. The van der Waals surface area contributed by atoms with E-state index < -0.39 is 0 Å². The molecule has 17 heavy (non-hydrogen) atoms. The van der Waals surface area contributed by atoms with Gasteiger partial charge in [0.15, 0.2) is 4.96 Å². The normalized spacial score (nSPS) is 20.1. The first-order chi connectivity index (χ1) is 8.42. The van der Waals surface area contributed by atoms with Crippen LogP contribution in [0.15, 0.2) is 29.9 Å². The lowest BCUT2D eigenvalue weighted by molar-refractivity contribution is 0.439. The summed E-state index contributed by atoms with van der Waals surface area (Å²) in [7, 11) is 0. The molecule has 0 aliphatic heterocycles. The third-order valence-electron chi connectivity index (χ3n) is 3.26. The molecule has 2 aromatic rings. The van der Waals surface area contributed by atoms with Crippen molar-refractivity contribution in [2.45, 2.75) is 25.8 Å². The Morgan fingerprint density at radius 1 is 1.47 bits per heavy atom. The second kappa shape index (κ2) is 5.02. The molecule has 2 heterocycles. The summed E-state index contributed by atoms with van der Waals surface area (Å²) in [5.41, 5.74) is 1.14. The molecule has 90 valence electrons. The molecule has 4 heteroatoms. The molecule has 1 N–H and O–H groups in total. The minimum atomic E-state index is 0.809. The van der Waals surface area contributed by atoms with Gasteiger partial charge < -0.3 is 5.32 Å². The maximum atomic E-state index is 4.56. The number of fused-ring (bicyclic) bond motifs is 1. The van der Waals surface area contributed by atoms with Gasteiger partial charge in [0, 0.05) is 24.3 Å². The van der Waals surface area contributed by atoms with E-state index in [1.807, 2.05) is 0 Å². The second-order valence-electron chi connectivity index (χ2n) is 4.61. The molecule has 1 atom stereocenters. The number of hydrogen-bond acceptors (Lipinski definition) is 3. The summed E-state index contributed by atoms with van der Waals surface area (Å²) in [6.45, 7) is 1.99. The number of imidazole rings is 1. The second-order valence-corrected chi connectivity index (χ2v) is 5.48. The molecule has 0 radical (unpaired) electrons. The van der Waals surface area contributed by atoms with Crippen molar-refractivity contribution in [2.24, 2.45) is 5.92 Å². The smallest absolute Gasteiger partial charge is 0.193 e. The Balaban J connectivity index is 1.50. The molecule has 2 aromatic heterocycles. The maximum Gasteiger partial charge on any atom is 0.193 e. The summed E-state index contributed by atoms with van der Waals surface area (Å²) in [5.74, 6) is 0.809. The summed E-state index contributed by atoms with van der Waals surface area (Å²) in [4.78, 5) is 5.65. The molecule has 0 amide bonds. The molecule has 1 unspecified atom stereocenters. The highest BCUT2D eigenvalue weighted by Crippen LogP contribution is 2.17. The molecule has 1 aliphatic carbocycles. The monoisotopic (exact) mass is 247 g/mol. The molecule has 3 rings (SSSR count). The van der Waals surface area contributed by atoms with E-state index in [4.69, 9.17) is 0 Å². The van der Waals surface area contributed by atoms with Crippen LogP contribution in [0.5, 0.6) is 0 Å². The zero-order valence-electron chi connectivity index (χ0n) is 9.80. The highest BCUT2D eigenvalue weighted by Gasteiger charge is 2.09. The van der Waals surface area contributed by atoms with Crippen molar-refractivity contribution in [3.8, 4) is 0 Å². The number of rotatable bonds is 4. The van der Waals surface area contributed by atoms with Gasteiger partial charge in [0.2, 0.25) is 0 Å². The van der Waals surface area contributed by atoms with Crippen LogP contribution in [0.3, 0.4) is 0 Å². The number of allylic oxidation sites excluding steroid dienone is 2. The average molecular weight is 247 g/mol. The van der Waals surface area contributed by atoms with Gasteiger partial charge in [-0.3, -0.25) is 4.40 Å². The van der Waals surface area contributed by atoms with E-state index in [0.717, 1.165) is 29.7 Å². The lowest BCUT2D eigenvalue weighted by atomic mass is 9.94. The summed E-state index contributed by atoms with van der Waals surface area (Å²) in [5, 5.41) is 5.58. The van der Waals surface area contributed by atoms with Gasteiger partial charge in [-0.05, 0) is 31.7 Å². The zero-order valence-corrected chi connectivity index (χ0v) is 10.6. The Morgan fingerprint density at radius 2 is 2.47 bits per heavy atom. The first-order valence-corrected chi connectivity index (χ1v) is 7.06. The number of hydrogen-bond donors (Lipinski definition) is 1. The number of aromatic nitrogens is 2. The highest BCUT2D eigenvalue weighted by atomic mass is 32.1. The Bertz CT molecular complexity index is 483. The van der Waals surface area contributed by atoms with Gasteiger partial charge in [-0.15, -0.1) is 11.3 Å². The Morgan fingerprint density at radius 3 is 3.29 bits per heavy atom. The van der Waals surface area contributed by atoms with Crippen LogP contribution in [0.25, 0.3) is 4.96 Å². The zero-order chi connectivity index (χ0) is 11.5. The summed E-state index contributed by atoms with van der Waals surface area (Å²) in [6, 6.07) is 0. The summed E-state index contributed by atoms with van der Waals surface area (Å²) >= 11 is 1.68. The van der Waals surface area contributed by atoms with Crippen molar-refractivity contribution < 1.29 is 0 Å². The van der Waals surface area contributed by atoms with E-state index in [9.17, 15) is 0 Å². The minimum absolute atomic E-state index is 0.809. The van der Waals surface area contributed by atoms with Gasteiger partial charge in [-0.2, -0.15) is 0 Å². The summed E-state index contributed by atoms with van der Waals surface area (Å²) < 4.78 is 2.09. The van der Waals surface area contributed by atoms with E-state index >= 15 is 0 Å². The third kappa shape index (κ3) is 2.58. The standard InChI is InChI=1S/C13H17N3S/c1-2-4-11(5-3-1)8-14-9-12-10-16-6-7-17-13(16)15-12/h1-2,6-7,10-11,14H,3-5,8-9H2. The Hall–Kier alpha value is -1.13. The van der Waals surface area contributed by atoms with E-state index in [0.29, 0.717) is 0 Å². The van der Waals surface area contributed by atoms with Crippen LogP contribution in [0, 0.1) is 5.92 Å². The van der Waals surface area contributed by atoms with Gasteiger partial charge in [-0.1, -0.05) is 12.2 Å². The van der Waals surface area contributed by atoms with Crippen LogP contribution < -0.4 is 5.32 Å². The molecule has 0 spiro atoms. The molecule has 0 fully saturated rings. The third-order valence-corrected chi connectivity index (χ3v) is 4.03. The number of nitrogens with one attached hydrogen (secondary N) is 1. The van der Waals surface area contributed by atoms with Crippen LogP contribution in [0.2, 0.25) is 0 Å². The van der Waals surface area contributed by atoms with Gasteiger partial charge in [0.05, 0.1) is 5.69 Å². The van der Waals surface area contributed by atoms with Crippen molar-refractivity contribution in [3.63, 3.8) is 0 Å². The van der Waals surface area contributed by atoms with Crippen molar-refractivity contribution in [1.29, 1.82) is 0 Å². The average Bonchev–Trinajstić information content (AvgIpc) is 2.91. The van der Waals surface area contributed by atoms with Gasteiger partial charge in [0.1, 0.15) is 0 Å². The topological polar surface area (TPSA) is 29.3 Å². The van der Waals surface area contributed by atoms with Gasteiger partial charge >= 0.3 is 0 Å². The van der Waals surface area contributed by atoms with E-state index in [1.54, 1.807) is 11.3 Å². The molecule has 0 aromatic carbocycles.